The molecule has 0 saturated heterocycles. The van der Waals surface area contributed by atoms with Crippen LogP contribution in [0.5, 0.6) is 5.75 Å². The molecular weight excluding hydrogens is 354 g/mol. The third-order valence-corrected chi connectivity index (χ3v) is 4.84. The van der Waals surface area contributed by atoms with Crippen LogP contribution in [0.1, 0.15) is 21.5 Å². The van der Waals surface area contributed by atoms with Gasteiger partial charge in [0.15, 0.2) is 0 Å². The van der Waals surface area contributed by atoms with Crippen LogP contribution in [0.3, 0.4) is 0 Å². The standard InChI is InChI=1S/C23H19NO4/c1-27-18-11-7-8-16(14-18)15-23(28-21(25)17-9-3-2-4-10-17)19-12-5-6-13-20(19)24-22(23)26/h2-14H,15H2,1H3,(H,24,26)/t23-/m0/s1. The van der Waals surface area contributed by atoms with Crippen LogP contribution in [-0.4, -0.2) is 19.0 Å². The number of hydrogen-bond donors (Lipinski definition) is 1. The van der Waals surface area contributed by atoms with Crippen LogP contribution in [0, 0.1) is 0 Å². The summed E-state index contributed by atoms with van der Waals surface area (Å²) in [5.41, 5.74) is 1.07. The molecule has 1 atom stereocenters. The van der Waals surface area contributed by atoms with E-state index in [0.717, 1.165) is 5.56 Å². The van der Waals surface area contributed by atoms with E-state index in [1.807, 2.05) is 48.5 Å². The lowest BCUT2D eigenvalue weighted by molar-refractivity contribution is -0.134. The van der Waals surface area contributed by atoms with Gasteiger partial charge in [-0.1, -0.05) is 48.5 Å². The van der Waals surface area contributed by atoms with E-state index >= 15 is 0 Å². The third-order valence-electron chi connectivity index (χ3n) is 4.84. The Morgan fingerprint density at radius 3 is 2.50 bits per heavy atom. The van der Waals surface area contributed by atoms with Crippen LogP contribution in [0.25, 0.3) is 0 Å². The Hall–Kier alpha value is -3.60. The first-order valence-electron chi connectivity index (χ1n) is 8.95. The second kappa shape index (κ2) is 7.19. The minimum atomic E-state index is -1.45. The van der Waals surface area contributed by atoms with Gasteiger partial charge in [-0.3, -0.25) is 4.79 Å². The number of ether oxygens (including phenoxy) is 2. The van der Waals surface area contributed by atoms with Crippen LogP contribution in [0.2, 0.25) is 0 Å². The van der Waals surface area contributed by atoms with Crippen LogP contribution in [-0.2, 0) is 21.6 Å². The van der Waals surface area contributed by atoms with Gasteiger partial charge in [-0.25, -0.2) is 4.79 Å². The first kappa shape index (κ1) is 17.8. The molecule has 1 amide bonds. The number of methoxy groups -OCH3 is 1. The second-order valence-corrected chi connectivity index (χ2v) is 6.61. The second-order valence-electron chi connectivity index (χ2n) is 6.61. The lowest BCUT2D eigenvalue weighted by atomic mass is 9.87. The van der Waals surface area contributed by atoms with Gasteiger partial charge in [0.05, 0.1) is 12.7 Å². The van der Waals surface area contributed by atoms with Crippen LogP contribution in [0.15, 0.2) is 78.9 Å². The zero-order chi connectivity index (χ0) is 19.6. The maximum absolute atomic E-state index is 13.1. The van der Waals surface area contributed by atoms with Crippen LogP contribution < -0.4 is 10.1 Å². The Kier molecular flexibility index (Phi) is 4.57. The highest BCUT2D eigenvalue weighted by atomic mass is 16.6. The maximum atomic E-state index is 13.1. The lowest BCUT2D eigenvalue weighted by Crippen LogP contribution is -2.41. The molecule has 1 heterocycles. The summed E-state index contributed by atoms with van der Waals surface area (Å²) in [6, 6.07) is 23.3. The molecule has 1 N–H and O–H groups in total. The summed E-state index contributed by atoms with van der Waals surface area (Å²) >= 11 is 0. The first-order chi connectivity index (χ1) is 13.6. The van der Waals surface area contributed by atoms with Crippen molar-refractivity contribution in [1.82, 2.24) is 0 Å². The third kappa shape index (κ3) is 3.11. The molecule has 1 aliphatic heterocycles. The monoisotopic (exact) mass is 373 g/mol. The Bertz CT molecular complexity index is 1030. The van der Waals surface area contributed by atoms with Crippen molar-refractivity contribution in [3.05, 3.63) is 95.6 Å². The van der Waals surface area contributed by atoms with Crippen molar-refractivity contribution in [2.75, 3.05) is 12.4 Å². The molecule has 140 valence electrons. The SMILES string of the molecule is COc1cccc(C[C@@]2(OC(=O)c3ccccc3)C(=O)Nc3ccccc32)c1. The summed E-state index contributed by atoms with van der Waals surface area (Å²) in [6.07, 6.45) is 0.200. The van der Waals surface area contributed by atoms with Gasteiger partial charge in [0.2, 0.25) is 5.60 Å². The molecule has 0 bridgehead atoms. The summed E-state index contributed by atoms with van der Waals surface area (Å²) in [7, 11) is 1.59. The van der Waals surface area contributed by atoms with Crippen molar-refractivity contribution >= 4 is 17.6 Å². The molecule has 3 aromatic carbocycles. The number of anilines is 1. The van der Waals surface area contributed by atoms with E-state index in [9.17, 15) is 9.59 Å². The summed E-state index contributed by atoms with van der Waals surface area (Å²) in [5.74, 6) is -0.232. The Balaban J connectivity index is 1.77. The van der Waals surface area contributed by atoms with Gasteiger partial charge in [-0.2, -0.15) is 0 Å². The van der Waals surface area contributed by atoms with Gasteiger partial charge in [0.1, 0.15) is 5.75 Å². The number of benzene rings is 3. The van der Waals surface area contributed by atoms with Gasteiger partial charge in [-0.15, -0.1) is 0 Å². The van der Waals surface area contributed by atoms with Gasteiger partial charge in [-0.05, 0) is 35.9 Å². The maximum Gasteiger partial charge on any atom is 0.339 e. The number of hydrogen-bond acceptors (Lipinski definition) is 4. The largest absolute Gasteiger partial charge is 0.497 e. The van der Waals surface area contributed by atoms with Crippen molar-refractivity contribution in [2.45, 2.75) is 12.0 Å². The molecule has 4 rings (SSSR count). The first-order valence-corrected chi connectivity index (χ1v) is 8.95. The number of carbonyl (C=O) groups excluding carboxylic acids is 2. The summed E-state index contributed by atoms with van der Waals surface area (Å²) < 4.78 is 11.2. The number of para-hydroxylation sites is 1. The quantitative estimate of drug-likeness (QED) is 0.688. The van der Waals surface area contributed by atoms with Crippen molar-refractivity contribution in [3.8, 4) is 5.75 Å². The van der Waals surface area contributed by atoms with E-state index in [0.29, 0.717) is 22.6 Å². The number of rotatable bonds is 5. The fourth-order valence-electron chi connectivity index (χ4n) is 3.46. The minimum absolute atomic E-state index is 0.200. The van der Waals surface area contributed by atoms with E-state index in [1.165, 1.54) is 0 Å². The lowest BCUT2D eigenvalue weighted by Gasteiger charge is -2.28. The molecule has 0 aromatic heterocycles. The summed E-state index contributed by atoms with van der Waals surface area (Å²) in [5, 5.41) is 2.85. The number of fused-ring (bicyclic) bond motifs is 1. The molecule has 5 nitrogen and oxygen atoms in total. The van der Waals surface area contributed by atoms with Gasteiger partial charge >= 0.3 is 5.97 Å². The minimum Gasteiger partial charge on any atom is -0.497 e. The molecule has 5 heteroatoms. The number of amides is 1. The van der Waals surface area contributed by atoms with Gasteiger partial charge in [0.25, 0.3) is 5.91 Å². The Morgan fingerprint density at radius 2 is 1.71 bits per heavy atom. The van der Waals surface area contributed by atoms with Crippen LogP contribution >= 0.6 is 0 Å². The fraction of sp³-hybridized carbons (Fsp3) is 0.130. The van der Waals surface area contributed by atoms with E-state index in [2.05, 4.69) is 5.32 Å². The molecule has 28 heavy (non-hydrogen) atoms. The van der Waals surface area contributed by atoms with E-state index in [4.69, 9.17) is 9.47 Å². The van der Waals surface area contributed by atoms with Gasteiger partial charge < -0.3 is 14.8 Å². The molecule has 0 saturated carbocycles. The molecule has 0 radical (unpaired) electrons. The van der Waals surface area contributed by atoms with Gasteiger partial charge in [0, 0.05) is 17.7 Å². The average molecular weight is 373 g/mol. The molecule has 0 fully saturated rings. The van der Waals surface area contributed by atoms with Crippen LogP contribution in [0.4, 0.5) is 5.69 Å². The Labute approximate surface area is 162 Å². The zero-order valence-electron chi connectivity index (χ0n) is 15.3. The van der Waals surface area contributed by atoms with Crippen molar-refractivity contribution in [3.63, 3.8) is 0 Å². The normalized spacial score (nSPS) is 17.5. The predicted molar refractivity (Wildman–Crippen MR) is 105 cm³/mol. The molecule has 0 spiro atoms. The van der Waals surface area contributed by atoms with Crippen molar-refractivity contribution in [2.24, 2.45) is 0 Å². The van der Waals surface area contributed by atoms with E-state index in [1.54, 1.807) is 37.4 Å². The number of carbonyl (C=O) groups is 2. The Morgan fingerprint density at radius 1 is 0.964 bits per heavy atom. The highest BCUT2D eigenvalue weighted by molar-refractivity contribution is 6.07. The number of esters is 1. The summed E-state index contributed by atoms with van der Waals surface area (Å²) in [4.78, 5) is 25.9. The van der Waals surface area contributed by atoms with E-state index < -0.39 is 11.6 Å². The molecular formula is C23H19NO4. The van der Waals surface area contributed by atoms with E-state index in [-0.39, 0.29) is 12.3 Å². The average Bonchev–Trinajstić information content (AvgIpc) is 3.00. The van der Waals surface area contributed by atoms with Crippen molar-refractivity contribution < 1.29 is 19.1 Å². The fourth-order valence-corrected chi connectivity index (χ4v) is 3.46. The number of nitrogens with one attached hydrogen (secondary N) is 1. The predicted octanol–water partition coefficient (Wildman–Crippen LogP) is 3.94. The zero-order valence-corrected chi connectivity index (χ0v) is 15.3. The molecule has 0 aliphatic carbocycles. The highest BCUT2D eigenvalue weighted by Crippen LogP contribution is 2.42. The highest BCUT2D eigenvalue weighted by Gasteiger charge is 2.50. The van der Waals surface area contributed by atoms with Crippen molar-refractivity contribution in [1.29, 1.82) is 0 Å². The smallest absolute Gasteiger partial charge is 0.339 e. The molecule has 1 aliphatic rings. The summed E-state index contributed by atoms with van der Waals surface area (Å²) in [6.45, 7) is 0. The topological polar surface area (TPSA) is 64.6 Å². The molecule has 3 aromatic rings. The molecule has 0 unspecified atom stereocenters.